The standard InChI is InChI=1S/C23H27N3O3S/c1-4-5-8-16-30(28,29)25-22(27)15-14-19-17(2)24-26(3)23(19)21-13-9-11-18-10-6-7-12-20(18)21/h6-7,9-15H,4-5,8,16H2,1-3H3,(H,25,27)/b15-14+. The highest BCUT2D eigenvalue weighted by Gasteiger charge is 2.16. The Kier molecular flexibility index (Phi) is 6.72. The van der Waals surface area contributed by atoms with Crippen LogP contribution in [0, 0.1) is 6.92 Å². The molecule has 1 N–H and O–H groups in total. The number of unbranched alkanes of at least 4 members (excludes halogenated alkanes) is 2. The molecule has 2 aromatic carbocycles. The first-order valence-corrected chi connectivity index (χ1v) is 11.7. The van der Waals surface area contributed by atoms with Crippen LogP contribution in [-0.4, -0.2) is 29.9 Å². The highest BCUT2D eigenvalue weighted by molar-refractivity contribution is 7.90. The third-order valence-corrected chi connectivity index (χ3v) is 6.33. The minimum absolute atomic E-state index is 0.0480. The highest BCUT2D eigenvalue weighted by atomic mass is 32.2. The Labute approximate surface area is 177 Å². The Bertz CT molecular complexity index is 1190. The van der Waals surface area contributed by atoms with Crippen LogP contribution in [0.3, 0.4) is 0 Å². The van der Waals surface area contributed by atoms with E-state index in [0.717, 1.165) is 46.1 Å². The zero-order valence-electron chi connectivity index (χ0n) is 17.6. The van der Waals surface area contributed by atoms with Gasteiger partial charge >= 0.3 is 0 Å². The summed E-state index contributed by atoms with van der Waals surface area (Å²) in [5.41, 5.74) is 3.42. The Hall–Kier alpha value is -2.93. The summed E-state index contributed by atoms with van der Waals surface area (Å²) in [6.07, 6.45) is 5.16. The van der Waals surface area contributed by atoms with E-state index < -0.39 is 15.9 Å². The number of aromatic nitrogens is 2. The van der Waals surface area contributed by atoms with Crippen LogP contribution in [0.2, 0.25) is 0 Å². The van der Waals surface area contributed by atoms with Crippen molar-refractivity contribution in [1.82, 2.24) is 14.5 Å². The van der Waals surface area contributed by atoms with Gasteiger partial charge in [0, 0.05) is 24.3 Å². The van der Waals surface area contributed by atoms with Crippen molar-refractivity contribution in [2.24, 2.45) is 7.05 Å². The average molecular weight is 426 g/mol. The lowest BCUT2D eigenvalue weighted by atomic mass is 9.98. The van der Waals surface area contributed by atoms with Crippen LogP contribution in [-0.2, 0) is 21.9 Å². The SMILES string of the molecule is CCCCCS(=O)(=O)NC(=O)/C=C/c1c(C)nn(C)c1-c1cccc2ccccc12. The summed E-state index contributed by atoms with van der Waals surface area (Å²) < 4.78 is 28.0. The van der Waals surface area contributed by atoms with Crippen LogP contribution < -0.4 is 4.72 Å². The van der Waals surface area contributed by atoms with Crippen molar-refractivity contribution in [1.29, 1.82) is 0 Å². The molecular weight excluding hydrogens is 398 g/mol. The lowest BCUT2D eigenvalue weighted by Gasteiger charge is -2.09. The zero-order valence-corrected chi connectivity index (χ0v) is 18.4. The first kappa shape index (κ1) is 21.8. The van der Waals surface area contributed by atoms with Crippen molar-refractivity contribution in [2.45, 2.75) is 33.1 Å². The number of rotatable bonds is 8. The molecule has 0 atom stereocenters. The number of nitrogens with zero attached hydrogens (tertiary/aromatic N) is 2. The number of carbonyl (C=O) groups is 1. The molecular formula is C23H27N3O3S. The maximum Gasteiger partial charge on any atom is 0.257 e. The third-order valence-electron chi connectivity index (χ3n) is 4.99. The van der Waals surface area contributed by atoms with E-state index in [1.807, 2.05) is 45.2 Å². The average Bonchev–Trinajstić information content (AvgIpc) is 2.98. The van der Waals surface area contributed by atoms with Crippen molar-refractivity contribution >= 4 is 32.8 Å². The molecule has 3 aromatic rings. The number of hydrogen-bond acceptors (Lipinski definition) is 4. The first-order chi connectivity index (χ1) is 14.3. The fourth-order valence-corrected chi connectivity index (χ4v) is 4.63. The molecule has 1 heterocycles. The van der Waals surface area contributed by atoms with Crippen LogP contribution in [0.5, 0.6) is 0 Å². The maximum absolute atomic E-state index is 12.2. The lowest BCUT2D eigenvalue weighted by Crippen LogP contribution is -2.31. The van der Waals surface area contributed by atoms with Gasteiger partial charge in [-0.3, -0.25) is 9.48 Å². The van der Waals surface area contributed by atoms with Crippen molar-refractivity contribution in [3.8, 4) is 11.3 Å². The van der Waals surface area contributed by atoms with E-state index in [0.29, 0.717) is 6.42 Å². The number of hydrogen-bond donors (Lipinski definition) is 1. The van der Waals surface area contributed by atoms with Gasteiger partial charge in [0.1, 0.15) is 0 Å². The van der Waals surface area contributed by atoms with Crippen molar-refractivity contribution < 1.29 is 13.2 Å². The molecule has 0 aliphatic heterocycles. The predicted octanol–water partition coefficient (Wildman–Crippen LogP) is 4.20. The number of amides is 1. The van der Waals surface area contributed by atoms with Gasteiger partial charge in [-0.15, -0.1) is 0 Å². The molecule has 30 heavy (non-hydrogen) atoms. The molecule has 0 aliphatic rings. The van der Waals surface area contributed by atoms with Crippen molar-refractivity contribution in [3.05, 3.63) is 59.8 Å². The van der Waals surface area contributed by atoms with Crippen LogP contribution >= 0.6 is 0 Å². The van der Waals surface area contributed by atoms with E-state index in [1.165, 1.54) is 6.08 Å². The van der Waals surface area contributed by atoms with Gasteiger partial charge in [-0.05, 0) is 30.2 Å². The number of sulfonamides is 1. The zero-order chi connectivity index (χ0) is 21.7. The fraction of sp³-hybridized carbons (Fsp3) is 0.304. The molecule has 0 fully saturated rings. The van der Waals surface area contributed by atoms with E-state index in [9.17, 15) is 13.2 Å². The van der Waals surface area contributed by atoms with E-state index in [-0.39, 0.29) is 5.75 Å². The summed E-state index contributed by atoms with van der Waals surface area (Å²) in [5, 5.41) is 6.71. The molecule has 1 aromatic heterocycles. The smallest absolute Gasteiger partial charge is 0.257 e. The molecule has 6 nitrogen and oxygen atoms in total. The Morgan fingerprint density at radius 3 is 2.63 bits per heavy atom. The van der Waals surface area contributed by atoms with Gasteiger partial charge in [0.05, 0.1) is 17.1 Å². The quantitative estimate of drug-likeness (QED) is 0.433. The maximum atomic E-state index is 12.2. The normalized spacial score (nSPS) is 12.0. The summed E-state index contributed by atoms with van der Waals surface area (Å²) in [7, 11) is -1.76. The van der Waals surface area contributed by atoms with E-state index >= 15 is 0 Å². The Balaban J connectivity index is 1.90. The van der Waals surface area contributed by atoms with Crippen LogP contribution in [0.15, 0.2) is 48.5 Å². The molecule has 3 rings (SSSR count). The van der Waals surface area contributed by atoms with Gasteiger partial charge in [0.15, 0.2) is 0 Å². The second-order valence-electron chi connectivity index (χ2n) is 7.32. The molecule has 0 unspecified atom stereocenters. The third kappa shape index (κ3) is 4.97. The molecule has 0 saturated heterocycles. The van der Waals surface area contributed by atoms with Gasteiger partial charge in [-0.1, -0.05) is 62.2 Å². The molecule has 158 valence electrons. The molecule has 0 radical (unpaired) electrons. The first-order valence-electron chi connectivity index (χ1n) is 10.1. The minimum atomic E-state index is -3.63. The number of benzene rings is 2. The van der Waals surface area contributed by atoms with Crippen LogP contribution in [0.4, 0.5) is 0 Å². The van der Waals surface area contributed by atoms with Gasteiger partial charge in [0.2, 0.25) is 10.0 Å². The highest BCUT2D eigenvalue weighted by Crippen LogP contribution is 2.32. The van der Waals surface area contributed by atoms with E-state index in [2.05, 4.69) is 28.0 Å². The molecule has 1 amide bonds. The number of fused-ring (bicyclic) bond motifs is 1. The summed E-state index contributed by atoms with van der Waals surface area (Å²) in [6.45, 7) is 3.87. The summed E-state index contributed by atoms with van der Waals surface area (Å²) in [4.78, 5) is 12.2. The van der Waals surface area contributed by atoms with Gasteiger partial charge in [-0.25, -0.2) is 13.1 Å². The summed E-state index contributed by atoms with van der Waals surface area (Å²) >= 11 is 0. The summed E-state index contributed by atoms with van der Waals surface area (Å²) in [6, 6.07) is 14.1. The second kappa shape index (κ2) is 9.26. The molecule has 0 saturated carbocycles. The van der Waals surface area contributed by atoms with Gasteiger partial charge < -0.3 is 0 Å². The van der Waals surface area contributed by atoms with Gasteiger partial charge in [0.25, 0.3) is 5.91 Å². The van der Waals surface area contributed by atoms with Gasteiger partial charge in [-0.2, -0.15) is 5.10 Å². The molecule has 0 spiro atoms. The topological polar surface area (TPSA) is 81.1 Å². The Morgan fingerprint density at radius 1 is 1.13 bits per heavy atom. The minimum Gasteiger partial charge on any atom is -0.269 e. The van der Waals surface area contributed by atoms with E-state index in [4.69, 9.17) is 0 Å². The monoisotopic (exact) mass is 425 g/mol. The fourth-order valence-electron chi connectivity index (χ4n) is 3.56. The Morgan fingerprint density at radius 2 is 1.87 bits per heavy atom. The largest absolute Gasteiger partial charge is 0.269 e. The number of nitrogens with one attached hydrogen (secondary N) is 1. The predicted molar refractivity (Wildman–Crippen MR) is 121 cm³/mol. The van der Waals surface area contributed by atoms with Crippen molar-refractivity contribution in [3.63, 3.8) is 0 Å². The summed E-state index contributed by atoms with van der Waals surface area (Å²) in [5.74, 6) is -0.702. The second-order valence-corrected chi connectivity index (χ2v) is 9.17. The number of aryl methyl sites for hydroxylation is 2. The van der Waals surface area contributed by atoms with E-state index in [1.54, 1.807) is 10.8 Å². The number of carbonyl (C=O) groups excluding carboxylic acids is 1. The molecule has 0 bridgehead atoms. The lowest BCUT2D eigenvalue weighted by molar-refractivity contribution is -0.114. The van der Waals surface area contributed by atoms with Crippen LogP contribution in [0.25, 0.3) is 28.1 Å². The van der Waals surface area contributed by atoms with Crippen LogP contribution in [0.1, 0.15) is 37.4 Å². The van der Waals surface area contributed by atoms with Crippen molar-refractivity contribution in [2.75, 3.05) is 5.75 Å². The molecule has 7 heteroatoms. The molecule has 0 aliphatic carbocycles.